The first-order valence-electron chi connectivity index (χ1n) is 4.85. The Labute approximate surface area is 103 Å². The summed E-state index contributed by atoms with van der Waals surface area (Å²) in [5.41, 5.74) is 0.701. The molecular weight excluding hydrogens is 274 g/mol. The Morgan fingerprint density at radius 1 is 1.44 bits per heavy atom. The van der Waals surface area contributed by atoms with Gasteiger partial charge in [-0.3, -0.25) is 9.69 Å². The lowest BCUT2D eigenvalue weighted by Crippen LogP contribution is -2.32. The summed E-state index contributed by atoms with van der Waals surface area (Å²) in [6.07, 6.45) is 0. The van der Waals surface area contributed by atoms with Crippen LogP contribution in [0.1, 0.15) is 11.6 Å². The second-order valence-electron chi connectivity index (χ2n) is 3.50. The van der Waals surface area contributed by atoms with Crippen molar-refractivity contribution in [3.8, 4) is 0 Å². The molecule has 0 fully saturated rings. The molecule has 0 bridgehead atoms. The zero-order chi connectivity index (χ0) is 12.1. The van der Waals surface area contributed by atoms with E-state index in [0.717, 1.165) is 4.47 Å². The quantitative estimate of drug-likeness (QED) is 0.862. The van der Waals surface area contributed by atoms with E-state index in [-0.39, 0.29) is 6.61 Å². The molecule has 0 aliphatic heterocycles. The fourth-order valence-electron chi connectivity index (χ4n) is 1.52. The Bertz CT molecular complexity index is 353. The monoisotopic (exact) mass is 287 g/mol. The molecule has 0 amide bonds. The average molecular weight is 288 g/mol. The minimum Gasteiger partial charge on any atom is -0.480 e. The van der Waals surface area contributed by atoms with Crippen LogP contribution < -0.4 is 0 Å². The fraction of sp³-hybridized carbons (Fsp3) is 0.364. The molecular formula is C11H14BrNO3. The van der Waals surface area contributed by atoms with Crippen molar-refractivity contribution in [1.29, 1.82) is 0 Å². The van der Waals surface area contributed by atoms with Crippen LogP contribution in [0.2, 0.25) is 0 Å². The first kappa shape index (κ1) is 13.2. The van der Waals surface area contributed by atoms with Gasteiger partial charge in [-0.05, 0) is 24.7 Å². The van der Waals surface area contributed by atoms with Crippen LogP contribution in [0.4, 0.5) is 0 Å². The number of carboxylic acid groups (broad SMARTS) is 1. The van der Waals surface area contributed by atoms with Crippen molar-refractivity contribution in [3.63, 3.8) is 0 Å². The van der Waals surface area contributed by atoms with E-state index < -0.39 is 12.0 Å². The van der Waals surface area contributed by atoms with Gasteiger partial charge >= 0.3 is 5.97 Å². The smallest absolute Gasteiger partial charge is 0.325 e. The molecule has 1 aromatic rings. The van der Waals surface area contributed by atoms with E-state index >= 15 is 0 Å². The second kappa shape index (κ2) is 5.98. The number of hydrogen-bond donors (Lipinski definition) is 2. The lowest BCUT2D eigenvalue weighted by Gasteiger charge is -2.24. The Hall–Kier alpha value is -0.910. The molecule has 1 unspecified atom stereocenters. The van der Waals surface area contributed by atoms with E-state index in [2.05, 4.69) is 15.9 Å². The minimum absolute atomic E-state index is 0.0587. The van der Waals surface area contributed by atoms with E-state index in [1.165, 1.54) is 0 Å². The summed E-state index contributed by atoms with van der Waals surface area (Å²) in [4.78, 5) is 12.8. The Kier molecular flexibility index (Phi) is 4.92. The molecule has 2 N–H and O–H groups in total. The molecule has 1 aromatic carbocycles. The average Bonchev–Trinajstić information content (AvgIpc) is 2.21. The van der Waals surface area contributed by atoms with E-state index in [0.29, 0.717) is 12.1 Å². The van der Waals surface area contributed by atoms with Crippen molar-refractivity contribution in [3.05, 3.63) is 34.3 Å². The first-order chi connectivity index (χ1) is 7.56. The van der Waals surface area contributed by atoms with E-state index in [4.69, 9.17) is 10.2 Å². The summed E-state index contributed by atoms with van der Waals surface area (Å²) in [6, 6.07) is 6.41. The predicted octanol–water partition coefficient (Wildman–Crippen LogP) is 1.50. The van der Waals surface area contributed by atoms with Gasteiger partial charge in [0.1, 0.15) is 6.04 Å². The van der Waals surface area contributed by atoms with E-state index in [1.54, 1.807) is 36.2 Å². The van der Waals surface area contributed by atoms with E-state index in [1.807, 2.05) is 0 Å². The van der Waals surface area contributed by atoms with Gasteiger partial charge in [-0.1, -0.05) is 28.1 Å². The number of aliphatic hydroxyl groups is 1. The summed E-state index contributed by atoms with van der Waals surface area (Å²) < 4.78 is 0.908. The molecule has 0 aliphatic carbocycles. The van der Waals surface area contributed by atoms with Gasteiger partial charge in [0.05, 0.1) is 6.61 Å². The van der Waals surface area contributed by atoms with Crippen molar-refractivity contribution in [2.75, 3.05) is 20.2 Å². The number of likely N-dealkylation sites (N-methyl/N-ethyl adjacent to an activating group) is 1. The molecule has 88 valence electrons. The van der Waals surface area contributed by atoms with Crippen LogP contribution in [-0.4, -0.2) is 41.3 Å². The summed E-state index contributed by atoms with van der Waals surface area (Å²) in [5.74, 6) is -0.918. The van der Waals surface area contributed by atoms with Crippen molar-refractivity contribution in [1.82, 2.24) is 4.90 Å². The number of nitrogens with zero attached hydrogens (tertiary/aromatic N) is 1. The summed E-state index contributed by atoms with van der Waals surface area (Å²) >= 11 is 3.30. The minimum atomic E-state index is -0.918. The van der Waals surface area contributed by atoms with Gasteiger partial charge < -0.3 is 10.2 Å². The first-order valence-corrected chi connectivity index (χ1v) is 5.65. The number of benzene rings is 1. The van der Waals surface area contributed by atoms with Gasteiger partial charge in [0.25, 0.3) is 0 Å². The number of carbonyl (C=O) groups is 1. The molecule has 0 saturated heterocycles. The Morgan fingerprint density at radius 3 is 2.44 bits per heavy atom. The van der Waals surface area contributed by atoms with Crippen LogP contribution in [0.5, 0.6) is 0 Å². The Balaban J connectivity index is 2.93. The fourth-order valence-corrected chi connectivity index (χ4v) is 1.78. The molecule has 16 heavy (non-hydrogen) atoms. The molecule has 1 atom stereocenters. The number of rotatable bonds is 5. The van der Waals surface area contributed by atoms with Crippen molar-refractivity contribution in [2.45, 2.75) is 6.04 Å². The second-order valence-corrected chi connectivity index (χ2v) is 4.41. The highest BCUT2D eigenvalue weighted by Gasteiger charge is 2.23. The molecule has 0 heterocycles. The number of carboxylic acids is 1. The number of aliphatic hydroxyl groups excluding tert-OH is 1. The zero-order valence-electron chi connectivity index (χ0n) is 8.93. The molecule has 5 heteroatoms. The summed E-state index contributed by atoms with van der Waals surface area (Å²) in [7, 11) is 1.68. The molecule has 0 spiro atoms. The van der Waals surface area contributed by atoms with E-state index in [9.17, 15) is 4.79 Å². The van der Waals surface area contributed by atoms with Crippen LogP contribution in [0.3, 0.4) is 0 Å². The number of hydrogen-bond acceptors (Lipinski definition) is 3. The third-order valence-electron chi connectivity index (χ3n) is 2.31. The molecule has 0 radical (unpaired) electrons. The summed E-state index contributed by atoms with van der Waals surface area (Å²) in [5, 5.41) is 18.0. The van der Waals surface area contributed by atoms with Crippen LogP contribution >= 0.6 is 15.9 Å². The maximum absolute atomic E-state index is 11.2. The molecule has 0 aromatic heterocycles. The van der Waals surface area contributed by atoms with Gasteiger partial charge in [0.2, 0.25) is 0 Å². The molecule has 4 nitrogen and oxygen atoms in total. The third kappa shape index (κ3) is 3.30. The normalized spacial score (nSPS) is 12.8. The highest BCUT2D eigenvalue weighted by Crippen LogP contribution is 2.21. The van der Waals surface area contributed by atoms with Gasteiger partial charge in [0, 0.05) is 11.0 Å². The lowest BCUT2D eigenvalue weighted by atomic mass is 10.1. The van der Waals surface area contributed by atoms with Crippen LogP contribution in [0, 0.1) is 0 Å². The maximum Gasteiger partial charge on any atom is 0.325 e. The lowest BCUT2D eigenvalue weighted by molar-refractivity contribution is -0.143. The molecule has 1 rings (SSSR count). The molecule has 0 saturated carbocycles. The third-order valence-corrected chi connectivity index (χ3v) is 2.84. The SMILES string of the molecule is CN(CCO)C(C(=O)O)c1ccc(Br)cc1. The highest BCUT2D eigenvalue weighted by molar-refractivity contribution is 9.10. The van der Waals surface area contributed by atoms with Crippen LogP contribution in [-0.2, 0) is 4.79 Å². The molecule has 0 aliphatic rings. The van der Waals surface area contributed by atoms with Crippen molar-refractivity contribution >= 4 is 21.9 Å². The number of halogens is 1. The van der Waals surface area contributed by atoms with Crippen molar-refractivity contribution in [2.24, 2.45) is 0 Å². The Morgan fingerprint density at radius 2 is 2.00 bits per heavy atom. The highest BCUT2D eigenvalue weighted by atomic mass is 79.9. The van der Waals surface area contributed by atoms with Gasteiger partial charge in [-0.25, -0.2) is 0 Å². The maximum atomic E-state index is 11.2. The summed E-state index contributed by atoms with van der Waals surface area (Å²) in [6.45, 7) is 0.268. The topological polar surface area (TPSA) is 60.8 Å². The van der Waals surface area contributed by atoms with Gasteiger partial charge in [0.15, 0.2) is 0 Å². The number of aliphatic carboxylic acids is 1. The zero-order valence-corrected chi connectivity index (χ0v) is 10.5. The van der Waals surface area contributed by atoms with Crippen LogP contribution in [0.25, 0.3) is 0 Å². The van der Waals surface area contributed by atoms with Gasteiger partial charge in [-0.2, -0.15) is 0 Å². The largest absolute Gasteiger partial charge is 0.480 e. The van der Waals surface area contributed by atoms with Gasteiger partial charge in [-0.15, -0.1) is 0 Å². The van der Waals surface area contributed by atoms with Crippen molar-refractivity contribution < 1.29 is 15.0 Å². The van der Waals surface area contributed by atoms with Crippen LogP contribution in [0.15, 0.2) is 28.7 Å². The standard InChI is InChI=1S/C11H14BrNO3/c1-13(6-7-14)10(11(15)16)8-2-4-9(12)5-3-8/h2-5,10,14H,6-7H2,1H3,(H,15,16). The predicted molar refractivity (Wildman–Crippen MR) is 64.2 cm³/mol.